The first kappa shape index (κ1) is 18.7. The summed E-state index contributed by atoms with van der Waals surface area (Å²) in [6.07, 6.45) is 0.583. The van der Waals surface area contributed by atoms with Gasteiger partial charge in [0.15, 0.2) is 0 Å². The lowest BCUT2D eigenvalue weighted by Gasteiger charge is -2.15. The lowest BCUT2D eigenvalue weighted by atomic mass is 10.0. The molecule has 0 fully saturated rings. The van der Waals surface area contributed by atoms with Gasteiger partial charge in [0, 0.05) is 22.7 Å². The van der Waals surface area contributed by atoms with E-state index < -0.39 is 5.97 Å². The highest BCUT2D eigenvalue weighted by Gasteiger charge is 2.14. The molecule has 0 unspecified atom stereocenters. The number of aromatic carboxylic acids is 1. The number of phenolic OH excluding ortho intramolecular Hbond substituents is 1. The van der Waals surface area contributed by atoms with Crippen LogP contribution in [0.4, 0.5) is 11.5 Å². The van der Waals surface area contributed by atoms with E-state index in [9.17, 15) is 9.90 Å². The number of phenols is 1. The highest BCUT2D eigenvalue weighted by atomic mass is 35.5. The van der Waals surface area contributed by atoms with E-state index >= 15 is 0 Å². The maximum Gasteiger partial charge on any atom is 0.335 e. The number of rotatable bonds is 5. The van der Waals surface area contributed by atoms with Gasteiger partial charge < -0.3 is 15.5 Å². The Morgan fingerprint density at radius 1 is 1.11 bits per heavy atom. The molecule has 3 aromatic rings. The molecule has 0 saturated carbocycles. The second-order valence-electron chi connectivity index (χ2n) is 6.15. The quantitative estimate of drug-likeness (QED) is 0.562. The maximum atomic E-state index is 11.0. The van der Waals surface area contributed by atoms with Gasteiger partial charge in [0.1, 0.15) is 17.4 Å². The van der Waals surface area contributed by atoms with Crippen molar-refractivity contribution in [1.29, 1.82) is 0 Å². The molecule has 27 heavy (non-hydrogen) atoms. The van der Waals surface area contributed by atoms with Crippen LogP contribution in [0.2, 0.25) is 5.02 Å². The summed E-state index contributed by atoms with van der Waals surface area (Å²) < 4.78 is 0. The van der Waals surface area contributed by atoms with E-state index in [1.54, 1.807) is 6.92 Å². The number of aryl methyl sites for hydroxylation is 2. The minimum Gasteiger partial charge on any atom is -0.506 e. The molecule has 0 aliphatic rings. The molecule has 3 N–H and O–H groups in total. The standard InChI is InChI=1S/C20H18ClN3O3/c1-11-16(9-13-3-6-15(21)7-4-13)19(23-12(2)22-11)24-17-8-5-14(20(26)27)10-18(17)25/h3-8,10,25H,9H2,1-2H3,(H,26,27)(H,22,23,24). The summed E-state index contributed by atoms with van der Waals surface area (Å²) in [7, 11) is 0. The van der Waals surface area contributed by atoms with Gasteiger partial charge in [-0.2, -0.15) is 0 Å². The van der Waals surface area contributed by atoms with Crippen LogP contribution in [0, 0.1) is 13.8 Å². The van der Waals surface area contributed by atoms with Gasteiger partial charge in [0.05, 0.1) is 11.3 Å². The Morgan fingerprint density at radius 3 is 2.44 bits per heavy atom. The molecule has 138 valence electrons. The van der Waals surface area contributed by atoms with Crippen molar-refractivity contribution >= 4 is 29.1 Å². The van der Waals surface area contributed by atoms with E-state index in [4.69, 9.17) is 16.7 Å². The number of carboxylic acid groups (broad SMARTS) is 1. The number of carboxylic acids is 1. The van der Waals surface area contributed by atoms with Gasteiger partial charge >= 0.3 is 5.97 Å². The summed E-state index contributed by atoms with van der Waals surface area (Å²) in [5, 5.41) is 23.0. The Hall–Kier alpha value is -3.12. The molecule has 0 spiro atoms. The van der Waals surface area contributed by atoms with Crippen molar-refractivity contribution in [2.24, 2.45) is 0 Å². The SMILES string of the molecule is Cc1nc(C)c(Cc2ccc(Cl)cc2)c(Nc2ccc(C(=O)O)cc2O)n1. The first-order chi connectivity index (χ1) is 12.8. The van der Waals surface area contributed by atoms with Crippen LogP contribution >= 0.6 is 11.6 Å². The third kappa shape index (κ3) is 4.35. The molecule has 0 aliphatic heterocycles. The van der Waals surface area contributed by atoms with E-state index in [1.165, 1.54) is 18.2 Å². The number of anilines is 2. The third-order valence-electron chi connectivity index (χ3n) is 4.12. The zero-order chi connectivity index (χ0) is 19.6. The number of aromatic hydroxyl groups is 1. The molecule has 0 amide bonds. The van der Waals surface area contributed by atoms with E-state index in [0.717, 1.165) is 16.8 Å². The van der Waals surface area contributed by atoms with Crippen LogP contribution in [0.5, 0.6) is 5.75 Å². The summed E-state index contributed by atoms with van der Waals surface area (Å²) in [6, 6.07) is 11.6. The fourth-order valence-corrected chi connectivity index (χ4v) is 2.88. The van der Waals surface area contributed by atoms with Crippen molar-refractivity contribution in [1.82, 2.24) is 9.97 Å². The number of hydrogen-bond donors (Lipinski definition) is 3. The average molecular weight is 384 g/mol. The smallest absolute Gasteiger partial charge is 0.335 e. The molecular weight excluding hydrogens is 366 g/mol. The molecule has 0 atom stereocenters. The van der Waals surface area contributed by atoms with Crippen molar-refractivity contribution in [2.45, 2.75) is 20.3 Å². The highest BCUT2D eigenvalue weighted by Crippen LogP contribution is 2.30. The zero-order valence-corrected chi connectivity index (χ0v) is 15.6. The highest BCUT2D eigenvalue weighted by molar-refractivity contribution is 6.30. The monoisotopic (exact) mass is 383 g/mol. The average Bonchev–Trinajstić information content (AvgIpc) is 2.61. The van der Waals surface area contributed by atoms with Crippen molar-refractivity contribution in [3.63, 3.8) is 0 Å². The molecule has 3 rings (SSSR count). The van der Waals surface area contributed by atoms with E-state index in [2.05, 4.69) is 15.3 Å². The topological polar surface area (TPSA) is 95.3 Å². The summed E-state index contributed by atoms with van der Waals surface area (Å²) >= 11 is 5.95. The largest absolute Gasteiger partial charge is 0.506 e. The second-order valence-corrected chi connectivity index (χ2v) is 6.59. The van der Waals surface area contributed by atoms with Crippen LogP contribution in [0.1, 0.15) is 33.0 Å². The molecule has 0 saturated heterocycles. The van der Waals surface area contributed by atoms with Gasteiger partial charge in [-0.25, -0.2) is 14.8 Å². The number of carbonyl (C=O) groups is 1. The van der Waals surface area contributed by atoms with Crippen molar-refractivity contribution < 1.29 is 15.0 Å². The molecule has 6 nitrogen and oxygen atoms in total. The summed E-state index contributed by atoms with van der Waals surface area (Å²) in [6.45, 7) is 3.69. The molecule has 1 heterocycles. The third-order valence-corrected chi connectivity index (χ3v) is 4.37. The lowest BCUT2D eigenvalue weighted by molar-refractivity contribution is 0.0696. The minimum atomic E-state index is -1.10. The number of benzene rings is 2. The van der Waals surface area contributed by atoms with Crippen LogP contribution in [-0.2, 0) is 6.42 Å². The van der Waals surface area contributed by atoms with Crippen LogP contribution < -0.4 is 5.32 Å². The molecule has 1 aromatic heterocycles. The van der Waals surface area contributed by atoms with Crippen molar-refractivity contribution in [2.75, 3.05) is 5.32 Å². The van der Waals surface area contributed by atoms with E-state index in [0.29, 0.717) is 28.8 Å². The number of nitrogens with one attached hydrogen (secondary N) is 1. The molecule has 0 radical (unpaired) electrons. The normalized spacial score (nSPS) is 10.6. The van der Waals surface area contributed by atoms with Gasteiger partial charge in [0.25, 0.3) is 0 Å². The second kappa shape index (κ2) is 7.63. The summed E-state index contributed by atoms with van der Waals surface area (Å²) in [5.41, 5.74) is 3.12. The number of hydrogen-bond acceptors (Lipinski definition) is 5. The van der Waals surface area contributed by atoms with Crippen LogP contribution in [0.25, 0.3) is 0 Å². The lowest BCUT2D eigenvalue weighted by Crippen LogP contribution is -2.07. The van der Waals surface area contributed by atoms with Crippen molar-refractivity contribution in [3.8, 4) is 5.75 Å². The fraction of sp³-hybridized carbons (Fsp3) is 0.150. The summed E-state index contributed by atoms with van der Waals surface area (Å²) in [5.74, 6) is -0.111. The predicted molar refractivity (Wildman–Crippen MR) is 104 cm³/mol. The van der Waals surface area contributed by atoms with Crippen LogP contribution in [-0.4, -0.2) is 26.2 Å². The molecule has 0 aliphatic carbocycles. The number of nitrogens with zero attached hydrogens (tertiary/aromatic N) is 2. The Bertz CT molecular complexity index is 1000. The van der Waals surface area contributed by atoms with Crippen LogP contribution in [0.15, 0.2) is 42.5 Å². The van der Waals surface area contributed by atoms with Gasteiger partial charge in [-0.05, 0) is 49.7 Å². The van der Waals surface area contributed by atoms with Crippen molar-refractivity contribution in [3.05, 3.63) is 75.7 Å². The summed E-state index contributed by atoms with van der Waals surface area (Å²) in [4.78, 5) is 19.9. The Kier molecular flexibility index (Phi) is 5.28. The maximum absolute atomic E-state index is 11.0. The van der Waals surface area contributed by atoms with Gasteiger partial charge in [-0.15, -0.1) is 0 Å². The van der Waals surface area contributed by atoms with Gasteiger partial charge in [0.2, 0.25) is 0 Å². The molecular formula is C20H18ClN3O3. The van der Waals surface area contributed by atoms with Gasteiger partial charge in [-0.1, -0.05) is 23.7 Å². The number of aromatic nitrogens is 2. The van der Waals surface area contributed by atoms with Gasteiger partial charge in [-0.3, -0.25) is 0 Å². The van der Waals surface area contributed by atoms with E-state index in [1.807, 2.05) is 31.2 Å². The van der Waals surface area contributed by atoms with Crippen LogP contribution in [0.3, 0.4) is 0 Å². The molecule has 2 aromatic carbocycles. The molecule has 7 heteroatoms. The molecule has 0 bridgehead atoms. The number of halogens is 1. The first-order valence-electron chi connectivity index (χ1n) is 8.25. The fourth-order valence-electron chi connectivity index (χ4n) is 2.76. The zero-order valence-electron chi connectivity index (χ0n) is 14.8. The van der Waals surface area contributed by atoms with E-state index in [-0.39, 0.29) is 11.3 Å². The first-order valence-corrected chi connectivity index (χ1v) is 8.63. The predicted octanol–water partition coefficient (Wildman–Crippen LogP) is 4.49. The Morgan fingerprint density at radius 2 is 1.81 bits per heavy atom. The minimum absolute atomic E-state index is 0.00878. The Labute approximate surface area is 161 Å². The Balaban J connectivity index is 1.97.